The van der Waals surface area contributed by atoms with Crippen LogP contribution in [0.15, 0.2) is 18.2 Å². The van der Waals surface area contributed by atoms with E-state index in [1.807, 2.05) is 0 Å². The number of aromatic carboxylic acids is 1. The van der Waals surface area contributed by atoms with E-state index in [1.54, 1.807) is 0 Å². The van der Waals surface area contributed by atoms with Crippen molar-refractivity contribution >= 4 is 17.3 Å². The number of carboxylic acids is 1. The summed E-state index contributed by atoms with van der Waals surface area (Å²) in [5.41, 5.74) is -0.221. The first-order valence-electron chi connectivity index (χ1n) is 6.91. The Morgan fingerprint density at radius 2 is 2.19 bits per heavy atom. The molecular formula is C14H18N2O5. The van der Waals surface area contributed by atoms with Crippen LogP contribution in [0.25, 0.3) is 0 Å². The highest BCUT2D eigenvalue weighted by atomic mass is 16.6. The van der Waals surface area contributed by atoms with Gasteiger partial charge in [0, 0.05) is 18.3 Å². The second-order valence-corrected chi connectivity index (χ2v) is 5.36. The van der Waals surface area contributed by atoms with Crippen LogP contribution >= 0.6 is 0 Å². The smallest absolute Gasteiger partial charge is 0.342 e. The van der Waals surface area contributed by atoms with E-state index in [0.29, 0.717) is 18.2 Å². The summed E-state index contributed by atoms with van der Waals surface area (Å²) in [5, 5.41) is 32.5. The summed E-state index contributed by atoms with van der Waals surface area (Å²) < 4.78 is 0. The topological polar surface area (TPSA) is 113 Å². The summed E-state index contributed by atoms with van der Waals surface area (Å²) in [4.78, 5) is 21.1. The molecule has 1 aliphatic carbocycles. The Morgan fingerprint density at radius 3 is 2.81 bits per heavy atom. The fourth-order valence-electron chi connectivity index (χ4n) is 2.68. The molecule has 7 nitrogen and oxygen atoms in total. The molecule has 0 radical (unpaired) electrons. The number of carboxylic acid groups (broad SMARTS) is 1. The van der Waals surface area contributed by atoms with Crippen LogP contribution in [-0.2, 0) is 0 Å². The molecule has 3 N–H and O–H groups in total. The molecule has 2 rings (SSSR count). The molecule has 1 fully saturated rings. The van der Waals surface area contributed by atoms with Crippen LogP contribution in [0.3, 0.4) is 0 Å². The lowest BCUT2D eigenvalue weighted by molar-refractivity contribution is -0.385. The fraction of sp³-hybridized carbons (Fsp3) is 0.500. The van der Waals surface area contributed by atoms with Crippen LogP contribution in [0, 0.1) is 16.0 Å². The third-order valence-electron chi connectivity index (χ3n) is 3.77. The summed E-state index contributed by atoms with van der Waals surface area (Å²) in [6.07, 6.45) is 3.28. The fourth-order valence-corrected chi connectivity index (χ4v) is 2.68. The first-order chi connectivity index (χ1) is 9.97. The number of aliphatic hydroxyl groups excluding tert-OH is 1. The van der Waals surface area contributed by atoms with Gasteiger partial charge in [0.05, 0.1) is 11.0 Å². The van der Waals surface area contributed by atoms with Crippen molar-refractivity contribution in [3.05, 3.63) is 33.9 Å². The molecule has 21 heavy (non-hydrogen) atoms. The van der Waals surface area contributed by atoms with E-state index in [0.717, 1.165) is 25.7 Å². The second kappa shape index (κ2) is 6.53. The molecule has 7 heteroatoms. The van der Waals surface area contributed by atoms with E-state index in [9.17, 15) is 20.0 Å². The minimum absolute atomic E-state index is 0.269. The first-order valence-corrected chi connectivity index (χ1v) is 6.91. The summed E-state index contributed by atoms with van der Waals surface area (Å²) in [6, 6.07) is 4.00. The average Bonchev–Trinajstić information content (AvgIpc) is 2.44. The SMILES string of the molecule is O=C(O)c1ccc(NCC2CCCC(O)C2)cc1[N+](=O)[O-]. The predicted octanol–water partition coefficient (Wildman–Crippen LogP) is 2.26. The van der Waals surface area contributed by atoms with Gasteiger partial charge in [0.1, 0.15) is 5.56 Å². The summed E-state index contributed by atoms with van der Waals surface area (Å²) in [5.74, 6) is -0.990. The Bertz CT molecular complexity index is 546. The van der Waals surface area contributed by atoms with E-state index < -0.39 is 16.6 Å². The number of nitrogens with one attached hydrogen (secondary N) is 1. The molecule has 1 aromatic rings. The normalized spacial score (nSPS) is 21.8. The number of aliphatic hydroxyl groups is 1. The Kier molecular flexibility index (Phi) is 4.74. The number of nitro benzene ring substituents is 1. The Balaban J connectivity index is 2.05. The number of anilines is 1. The Hall–Kier alpha value is -2.15. The lowest BCUT2D eigenvalue weighted by Crippen LogP contribution is -2.25. The van der Waals surface area contributed by atoms with E-state index in [2.05, 4.69) is 5.32 Å². The largest absolute Gasteiger partial charge is 0.477 e. The molecule has 0 bridgehead atoms. The van der Waals surface area contributed by atoms with Crippen LogP contribution in [-0.4, -0.2) is 33.8 Å². The molecular weight excluding hydrogens is 276 g/mol. The van der Waals surface area contributed by atoms with Crippen molar-refractivity contribution in [2.24, 2.45) is 5.92 Å². The van der Waals surface area contributed by atoms with Gasteiger partial charge in [0.15, 0.2) is 0 Å². The molecule has 1 saturated carbocycles. The van der Waals surface area contributed by atoms with Gasteiger partial charge < -0.3 is 15.5 Å². The first kappa shape index (κ1) is 15.2. The molecule has 0 amide bonds. The van der Waals surface area contributed by atoms with E-state index in [1.165, 1.54) is 18.2 Å². The third kappa shape index (κ3) is 3.91. The second-order valence-electron chi connectivity index (χ2n) is 5.36. The van der Waals surface area contributed by atoms with Gasteiger partial charge in [-0.05, 0) is 37.3 Å². The van der Waals surface area contributed by atoms with Crippen LogP contribution in [0.1, 0.15) is 36.0 Å². The van der Waals surface area contributed by atoms with Gasteiger partial charge in [-0.25, -0.2) is 4.79 Å². The lowest BCUT2D eigenvalue weighted by atomic mass is 9.87. The minimum Gasteiger partial charge on any atom is -0.477 e. The van der Waals surface area contributed by atoms with Gasteiger partial charge in [-0.15, -0.1) is 0 Å². The van der Waals surface area contributed by atoms with Gasteiger partial charge >= 0.3 is 5.97 Å². The van der Waals surface area contributed by atoms with Gasteiger partial charge in [0.2, 0.25) is 0 Å². The van der Waals surface area contributed by atoms with Crippen molar-refractivity contribution in [3.8, 4) is 0 Å². The maximum atomic E-state index is 10.9. The summed E-state index contributed by atoms with van der Waals surface area (Å²) in [7, 11) is 0. The molecule has 0 aliphatic heterocycles. The number of carbonyl (C=O) groups is 1. The van der Waals surface area contributed by atoms with Crippen LogP contribution in [0.5, 0.6) is 0 Å². The maximum Gasteiger partial charge on any atom is 0.342 e. The molecule has 1 aromatic carbocycles. The number of nitro groups is 1. The molecule has 1 aliphatic rings. The van der Waals surface area contributed by atoms with E-state index in [-0.39, 0.29) is 11.7 Å². The number of nitrogens with zero attached hydrogens (tertiary/aromatic N) is 1. The van der Waals surface area contributed by atoms with Gasteiger partial charge in [-0.1, -0.05) is 6.42 Å². The van der Waals surface area contributed by atoms with Gasteiger partial charge in [-0.2, -0.15) is 0 Å². The molecule has 114 valence electrons. The van der Waals surface area contributed by atoms with E-state index in [4.69, 9.17) is 5.11 Å². The highest BCUT2D eigenvalue weighted by Gasteiger charge is 2.22. The van der Waals surface area contributed by atoms with Crippen LogP contribution < -0.4 is 5.32 Å². The quantitative estimate of drug-likeness (QED) is 0.567. The molecule has 2 atom stereocenters. The average molecular weight is 294 g/mol. The Morgan fingerprint density at radius 1 is 1.43 bits per heavy atom. The monoisotopic (exact) mass is 294 g/mol. The highest BCUT2D eigenvalue weighted by Crippen LogP contribution is 2.26. The number of rotatable bonds is 5. The Labute approximate surface area is 121 Å². The van der Waals surface area contributed by atoms with Gasteiger partial charge in [0.25, 0.3) is 5.69 Å². The van der Waals surface area contributed by atoms with Crippen molar-refractivity contribution in [1.29, 1.82) is 0 Å². The zero-order valence-corrected chi connectivity index (χ0v) is 11.5. The standard InChI is InChI=1S/C14H18N2O5/c17-11-3-1-2-9(6-11)8-15-10-4-5-12(14(18)19)13(7-10)16(20)21/h4-5,7,9,11,15,17H,1-3,6,8H2,(H,18,19). The number of hydrogen-bond acceptors (Lipinski definition) is 5. The predicted molar refractivity (Wildman–Crippen MR) is 76.5 cm³/mol. The maximum absolute atomic E-state index is 10.9. The zero-order valence-electron chi connectivity index (χ0n) is 11.5. The van der Waals surface area contributed by atoms with Crippen molar-refractivity contribution in [2.45, 2.75) is 31.8 Å². The van der Waals surface area contributed by atoms with E-state index >= 15 is 0 Å². The zero-order chi connectivity index (χ0) is 15.4. The molecule has 0 spiro atoms. The van der Waals surface area contributed by atoms with Crippen molar-refractivity contribution < 1.29 is 19.9 Å². The number of benzene rings is 1. The molecule has 2 unspecified atom stereocenters. The molecule has 0 saturated heterocycles. The van der Waals surface area contributed by atoms with Crippen molar-refractivity contribution in [3.63, 3.8) is 0 Å². The van der Waals surface area contributed by atoms with Gasteiger partial charge in [-0.3, -0.25) is 10.1 Å². The molecule has 0 aromatic heterocycles. The number of hydrogen-bond donors (Lipinski definition) is 3. The van der Waals surface area contributed by atoms with Crippen molar-refractivity contribution in [2.75, 3.05) is 11.9 Å². The third-order valence-corrected chi connectivity index (χ3v) is 3.77. The van der Waals surface area contributed by atoms with Crippen LogP contribution in [0.2, 0.25) is 0 Å². The summed E-state index contributed by atoms with van der Waals surface area (Å²) >= 11 is 0. The summed E-state index contributed by atoms with van der Waals surface area (Å²) in [6.45, 7) is 0.612. The van der Waals surface area contributed by atoms with Crippen LogP contribution in [0.4, 0.5) is 11.4 Å². The molecule has 0 heterocycles. The minimum atomic E-state index is -1.32. The lowest BCUT2D eigenvalue weighted by Gasteiger charge is -2.26. The van der Waals surface area contributed by atoms with Crippen molar-refractivity contribution in [1.82, 2.24) is 0 Å². The highest BCUT2D eigenvalue weighted by molar-refractivity contribution is 5.93.